The van der Waals surface area contributed by atoms with E-state index in [-0.39, 0.29) is 11.5 Å². The Bertz CT molecular complexity index is 740. The minimum Gasteiger partial charge on any atom is -0.508 e. The number of rotatable bonds is 4. The predicted octanol–water partition coefficient (Wildman–Crippen LogP) is 5.05. The molecule has 2 saturated carbocycles. The van der Waals surface area contributed by atoms with Crippen LogP contribution in [-0.4, -0.2) is 57.3 Å². The van der Waals surface area contributed by atoms with E-state index in [2.05, 4.69) is 13.0 Å². The molecule has 1 amide bonds. The molecule has 3 aliphatic carbocycles. The van der Waals surface area contributed by atoms with E-state index in [4.69, 9.17) is 28.3 Å². The quantitative estimate of drug-likeness (QED) is 0.552. The molecule has 168 valence electrons. The SMILES string of the molecule is C[C@]12CC[C@@H]3c4ccc(O)cc4CC[C@H]3[C@@H]1CCC2O.O=C(O)N(CCCl)CCCl. The summed E-state index contributed by atoms with van der Waals surface area (Å²) in [6.07, 6.45) is 5.81. The Balaban J connectivity index is 0.000000220. The van der Waals surface area contributed by atoms with Gasteiger partial charge in [0.25, 0.3) is 0 Å². The number of phenolic OH excluding ortho intramolecular Hbond substituents is 1. The molecule has 0 saturated heterocycles. The highest BCUT2D eigenvalue weighted by molar-refractivity contribution is 6.18. The number of aryl methyl sites for hydroxylation is 1. The first kappa shape index (κ1) is 23.5. The van der Waals surface area contributed by atoms with Gasteiger partial charge in [0, 0.05) is 24.8 Å². The van der Waals surface area contributed by atoms with E-state index in [1.165, 1.54) is 35.3 Å². The van der Waals surface area contributed by atoms with Crippen molar-refractivity contribution in [2.24, 2.45) is 17.3 Å². The van der Waals surface area contributed by atoms with Gasteiger partial charge < -0.3 is 20.2 Å². The van der Waals surface area contributed by atoms with Crippen molar-refractivity contribution in [2.45, 2.75) is 57.5 Å². The number of aliphatic hydroxyl groups is 1. The lowest BCUT2D eigenvalue weighted by atomic mass is 9.55. The van der Waals surface area contributed by atoms with Crippen LogP contribution in [0.1, 0.15) is 56.1 Å². The number of carboxylic acid groups (broad SMARTS) is 1. The first-order chi connectivity index (χ1) is 14.3. The minimum atomic E-state index is -0.971. The second kappa shape index (κ2) is 9.97. The van der Waals surface area contributed by atoms with Gasteiger partial charge in [0.1, 0.15) is 5.75 Å². The number of benzene rings is 1. The van der Waals surface area contributed by atoms with Crippen LogP contribution < -0.4 is 0 Å². The highest BCUT2D eigenvalue weighted by Gasteiger charge is 2.54. The molecule has 1 aromatic carbocycles. The number of alkyl halides is 2. The molecule has 4 rings (SSSR count). The van der Waals surface area contributed by atoms with Gasteiger partial charge in [-0.25, -0.2) is 4.79 Å². The molecule has 5 nitrogen and oxygen atoms in total. The Labute approximate surface area is 189 Å². The minimum absolute atomic E-state index is 0.0883. The number of hydrogen-bond acceptors (Lipinski definition) is 3. The van der Waals surface area contributed by atoms with E-state index >= 15 is 0 Å². The molecule has 1 aromatic rings. The Morgan fingerprint density at radius 2 is 1.87 bits per heavy atom. The summed E-state index contributed by atoms with van der Waals surface area (Å²) in [5.41, 5.74) is 2.99. The molecule has 3 aliphatic rings. The lowest BCUT2D eigenvalue weighted by Gasteiger charge is -2.50. The fraction of sp³-hybridized carbons (Fsp3) is 0.696. The molecule has 0 radical (unpaired) electrons. The maximum atomic E-state index is 10.4. The maximum Gasteiger partial charge on any atom is 0.407 e. The van der Waals surface area contributed by atoms with Crippen LogP contribution in [0.3, 0.4) is 0 Å². The third-order valence-electron chi connectivity index (χ3n) is 7.64. The van der Waals surface area contributed by atoms with Gasteiger partial charge in [0.15, 0.2) is 0 Å². The van der Waals surface area contributed by atoms with Gasteiger partial charge in [-0.2, -0.15) is 0 Å². The van der Waals surface area contributed by atoms with Crippen molar-refractivity contribution in [2.75, 3.05) is 24.8 Å². The van der Waals surface area contributed by atoms with Crippen LogP contribution in [0, 0.1) is 17.3 Å². The normalized spacial score (nSPS) is 31.6. The van der Waals surface area contributed by atoms with Crippen molar-refractivity contribution in [3.63, 3.8) is 0 Å². The molecule has 1 unspecified atom stereocenters. The van der Waals surface area contributed by atoms with E-state index in [1.807, 2.05) is 12.1 Å². The Morgan fingerprint density at radius 3 is 2.50 bits per heavy atom. The van der Waals surface area contributed by atoms with Crippen LogP contribution in [-0.2, 0) is 6.42 Å². The zero-order chi connectivity index (χ0) is 21.9. The van der Waals surface area contributed by atoms with Gasteiger partial charge in [-0.1, -0.05) is 13.0 Å². The van der Waals surface area contributed by atoms with Crippen LogP contribution >= 0.6 is 23.2 Å². The van der Waals surface area contributed by atoms with Crippen LogP contribution in [0.25, 0.3) is 0 Å². The van der Waals surface area contributed by atoms with Gasteiger partial charge in [-0.15, -0.1) is 23.2 Å². The first-order valence-corrected chi connectivity index (χ1v) is 12.0. The van der Waals surface area contributed by atoms with E-state index in [1.54, 1.807) is 0 Å². The number of hydrogen-bond donors (Lipinski definition) is 3. The largest absolute Gasteiger partial charge is 0.508 e. The van der Waals surface area contributed by atoms with Gasteiger partial charge in [-0.05, 0) is 85.0 Å². The monoisotopic (exact) mass is 457 g/mol. The lowest BCUT2D eigenvalue weighted by Crippen LogP contribution is -2.43. The van der Waals surface area contributed by atoms with Crippen LogP contribution in [0.4, 0.5) is 4.79 Å². The standard InChI is InChI=1S/C18H24O2.C5H9Cl2NO2/c1-18-9-8-14-13-5-3-12(19)10-11(13)2-4-15(14)16(18)6-7-17(18)20;6-1-3-8(4-2-7)5(9)10/h3,5,10,14-17,19-20H,2,4,6-9H2,1H3;1-4H2,(H,9,10)/t14-,15-,16+,17?,18+;/m1./s1. The van der Waals surface area contributed by atoms with Crippen molar-refractivity contribution >= 4 is 29.3 Å². The second-order valence-corrected chi connectivity index (χ2v) is 9.84. The summed E-state index contributed by atoms with van der Waals surface area (Å²) in [7, 11) is 0. The number of aliphatic hydroxyl groups excluding tert-OH is 1. The summed E-state index contributed by atoms with van der Waals surface area (Å²) < 4.78 is 0. The number of carbonyl (C=O) groups is 1. The zero-order valence-corrected chi connectivity index (χ0v) is 19.1. The smallest absolute Gasteiger partial charge is 0.407 e. The first-order valence-electron chi connectivity index (χ1n) is 10.9. The fourth-order valence-electron chi connectivity index (χ4n) is 6.05. The third-order valence-corrected chi connectivity index (χ3v) is 7.98. The fourth-order valence-corrected chi connectivity index (χ4v) is 6.46. The average Bonchev–Trinajstić information content (AvgIpc) is 3.02. The number of amides is 1. The van der Waals surface area contributed by atoms with E-state index in [9.17, 15) is 15.0 Å². The Hall–Kier alpha value is -1.17. The average molecular weight is 458 g/mol. The Kier molecular flexibility index (Phi) is 7.81. The molecule has 0 aliphatic heterocycles. The van der Waals surface area contributed by atoms with Crippen molar-refractivity contribution in [3.05, 3.63) is 29.3 Å². The number of phenols is 1. The van der Waals surface area contributed by atoms with E-state index in [0.717, 1.165) is 25.2 Å². The Morgan fingerprint density at radius 1 is 1.17 bits per heavy atom. The molecule has 0 heterocycles. The number of aromatic hydroxyl groups is 1. The topological polar surface area (TPSA) is 81.0 Å². The summed E-state index contributed by atoms with van der Waals surface area (Å²) in [5, 5.41) is 28.5. The van der Waals surface area contributed by atoms with Crippen molar-refractivity contribution in [3.8, 4) is 5.75 Å². The second-order valence-electron chi connectivity index (χ2n) is 9.08. The van der Waals surface area contributed by atoms with Crippen molar-refractivity contribution in [1.29, 1.82) is 0 Å². The van der Waals surface area contributed by atoms with Gasteiger partial charge in [-0.3, -0.25) is 0 Å². The van der Waals surface area contributed by atoms with Gasteiger partial charge in [0.2, 0.25) is 0 Å². The summed E-state index contributed by atoms with van der Waals surface area (Å²) in [6, 6.07) is 5.96. The van der Waals surface area contributed by atoms with Crippen LogP contribution in [0.2, 0.25) is 0 Å². The summed E-state index contributed by atoms with van der Waals surface area (Å²) in [6.45, 7) is 2.99. The van der Waals surface area contributed by atoms with Gasteiger partial charge >= 0.3 is 6.09 Å². The highest BCUT2D eigenvalue weighted by atomic mass is 35.5. The lowest BCUT2D eigenvalue weighted by molar-refractivity contribution is -0.0226. The maximum absolute atomic E-state index is 10.4. The molecule has 7 heteroatoms. The van der Waals surface area contributed by atoms with E-state index in [0.29, 0.717) is 42.4 Å². The zero-order valence-electron chi connectivity index (χ0n) is 17.6. The molecule has 30 heavy (non-hydrogen) atoms. The van der Waals surface area contributed by atoms with E-state index < -0.39 is 6.09 Å². The number of halogens is 2. The highest BCUT2D eigenvalue weighted by Crippen LogP contribution is 2.60. The number of nitrogens with zero attached hydrogens (tertiary/aromatic N) is 1. The predicted molar refractivity (Wildman–Crippen MR) is 120 cm³/mol. The summed E-state index contributed by atoms with van der Waals surface area (Å²) >= 11 is 10.7. The van der Waals surface area contributed by atoms with Crippen LogP contribution in [0.5, 0.6) is 5.75 Å². The number of fused-ring (bicyclic) bond motifs is 5. The third kappa shape index (κ3) is 4.68. The molecule has 3 N–H and O–H groups in total. The van der Waals surface area contributed by atoms with Crippen molar-refractivity contribution in [1.82, 2.24) is 4.90 Å². The van der Waals surface area contributed by atoms with Gasteiger partial charge in [0.05, 0.1) is 6.10 Å². The molecule has 0 spiro atoms. The summed E-state index contributed by atoms with van der Waals surface area (Å²) in [5.74, 6) is 3.11. The van der Waals surface area contributed by atoms with Crippen LogP contribution in [0.15, 0.2) is 18.2 Å². The molecular formula is C23H33Cl2NO4. The molecule has 0 aromatic heterocycles. The van der Waals surface area contributed by atoms with Crippen molar-refractivity contribution < 1.29 is 20.1 Å². The molecular weight excluding hydrogens is 425 g/mol. The molecule has 0 bridgehead atoms. The molecule has 5 atom stereocenters. The molecule has 2 fully saturated rings. The summed E-state index contributed by atoms with van der Waals surface area (Å²) in [4.78, 5) is 11.5.